The van der Waals surface area contributed by atoms with E-state index >= 15 is 0 Å². The van der Waals surface area contributed by atoms with Gasteiger partial charge in [0.05, 0.1) is 6.04 Å². The average molecular weight is 327 g/mol. The molecule has 0 aliphatic carbocycles. The Labute approximate surface area is 129 Å². The Kier molecular flexibility index (Phi) is 4.05. The summed E-state index contributed by atoms with van der Waals surface area (Å²) in [6.45, 7) is 0. The fraction of sp³-hybridized carbons (Fsp3) is 0.143. The lowest BCUT2D eigenvalue weighted by Gasteiger charge is -2.15. The summed E-state index contributed by atoms with van der Waals surface area (Å²) in [5.74, 6) is 5.34. The first-order valence-corrected chi connectivity index (χ1v) is 8.12. The van der Waals surface area contributed by atoms with Crippen LogP contribution in [0.1, 0.15) is 16.5 Å². The first-order valence-electron chi connectivity index (χ1n) is 6.05. The molecule has 0 saturated carbocycles. The number of rotatable bonds is 4. The lowest BCUT2D eigenvalue weighted by Crippen LogP contribution is -2.29. The summed E-state index contributed by atoms with van der Waals surface area (Å²) in [7, 11) is 0. The second-order valence-corrected chi connectivity index (χ2v) is 6.89. The minimum absolute atomic E-state index is 0.144. The van der Waals surface area contributed by atoms with E-state index in [9.17, 15) is 4.39 Å². The van der Waals surface area contributed by atoms with Crippen LogP contribution in [0.5, 0.6) is 0 Å². The molecule has 6 heteroatoms. The van der Waals surface area contributed by atoms with E-state index < -0.39 is 0 Å². The Hall–Kier alpha value is -0.980. The standard InChI is InChI=1S/C14H12ClFN2S2/c15-9-2-1-3-10(16)8(9)6-11(18-17)13-7-14-12(20-13)4-5-19-14/h1-5,7,11,18H,6,17H2. The largest absolute Gasteiger partial charge is 0.271 e. The summed E-state index contributed by atoms with van der Waals surface area (Å²) in [5.41, 5.74) is 3.26. The van der Waals surface area contributed by atoms with Gasteiger partial charge in [0.15, 0.2) is 0 Å². The van der Waals surface area contributed by atoms with Gasteiger partial charge in [0.1, 0.15) is 5.82 Å². The Bertz CT molecular complexity index is 689. The van der Waals surface area contributed by atoms with Crippen LogP contribution < -0.4 is 11.3 Å². The predicted molar refractivity (Wildman–Crippen MR) is 84.9 cm³/mol. The minimum Gasteiger partial charge on any atom is -0.271 e. The molecule has 104 valence electrons. The monoisotopic (exact) mass is 326 g/mol. The van der Waals surface area contributed by atoms with Crippen molar-refractivity contribution in [1.29, 1.82) is 0 Å². The maximum absolute atomic E-state index is 13.9. The van der Waals surface area contributed by atoms with E-state index in [1.165, 1.54) is 15.5 Å². The smallest absolute Gasteiger partial charge is 0.127 e. The molecule has 1 unspecified atom stereocenters. The van der Waals surface area contributed by atoms with Gasteiger partial charge in [0.2, 0.25) is 0 Å². The van der Waals surface area contributed by atoms with Gasteiger partial charge in [-0.05, 0) is 36.1 Å². The molecule has 0 saturated heterocycles. The summed E-state index contributed by atoms with van der Waals surface area (Å²) in [6, 6.07) is 8.76. The lowest BCUT2D eigenvalue weighted by molar-refractivity contribution is 0.536. The van der Waals surface area contributed by atoms with Gasteiger partial charge in [-0.3, -0.25) is 11.3 Å². The van der Waals surface area contributed by atoms with Gasteiger partial charge in [0.25, 0.3) is 0 Å². The summed E-state index contributed by atoms with van der Waals surface area (Å²) < 4.78 is 16.3. The van der Waals surface area contributed by atoms with Gasteiger partial charge in [-0.1, -0.05) is 17.7 Å². The first-order chi connectivity index (χ1) is 9.69. The van der Waals surface area contributed by atoms with E-state index in [-0.39, 0.29) is 11.9 Å². The number of halogens is 2. The van der Waals surface area contributed by atoms with Crippen LogP contribution >= 0.6 is 34.3 Å². The molecule has 1 atom stereocenters. The summed E-state index contributed by atoms with van der Waals surface area (Å²) in [4.78, 5) is 1.09. The third kappa shape index (κ3) is 2.60. The van der Waals surface area contributed by atoms with Gasteiger partial charge in [-0.25, -0.2) is 4.39 Å². The van der Waals surface area contributed by atoms with Gasteiger partial charge in [-0.2, -0.15) is 0 Å². The lowest BCUT2D eigenvalue weighted by atomic mass is 10.0. The van der Waals surface area contributed by atoms with E-state index in [2.05, 4.69) is 22.9 Å². The molecule has 2 nitrogen and oxygen atoms in total. The molecule has 3 rings (SSSR count). The highest BCUT2D eigenvalue weighted by atomic mass is 35.5. The van der Waals surface area contributed by atoms with Crippen molar-refractivity contribution in [2.45, 2.75) is 12.5 Å². The highest BCUT2D eigenvalue weighted by Crippen LogP contribution is 2.35. The number of thiophene rings is 2. The molecule has 1 aromatic carbocycles. The molecule has 0 spiro atoms. The van der Waals surface area contributed by atoms with Crippen LogP contribution in [0.15, 0.2) is 35.7 Å². The molecule has 0 aliphatic heterocycles. The van der Waals surface area contributed by atoms with Crippen molar-refractivity contribution in [2.75, 3.05) is 0 Å². The van der Waals surface area contributed by atoms with Gasteiger partial charge >= 0.3 is 0 Å². The number of hydrazine groups is 1. The molecular weight excluding hydrogens is 315 g/mol. The van der Waals surface area contributed by atoms with Crippen LogP contribution in [-0.4, -0.2) is 0 Å². The van der Waals surface area contributed by atoms with Crippen molar-refractivity contribution < 1.29 is 4.39 Å². The Morgan fingerprint density at radius 1 is 1.30 bits per heavy atom. The Balaban J connectivity index is 1.92. The molecule has 20 heavy (non-hydrogen) atoms. The van der Waals surface area contributed by atoms with Crippen molar-refractivity contribution in [3.63, 3.8) is 0 Å². The van der Waals surface area contributed by atoms with E-state index in [0.29, 0.717) is 17.0 Å². The maximum Gasteiger partial charge on any atom is 0.127 e. The van der Waals surface area contributed by atoms with Gasteiger partial charge < -0.3 is 0 Å². The van der Waals surface area contributed by atoms with E-state index in [1.54, 1.807) is 34.8 Å². The van der Waals surface area contributed by atoms with E-state index in [4.69, 9.17) is 17.4 Å². The number of hydrogen-bond donors (Lipinski definition) is 2. The summed E-state index contributed by atoms with van der Waals surface area (Å²) in [5, 5.41) is 2.49. The zero-order valence-electron chi connectivity index (χ0n) is 10.4. The van der Waals surface area contributed by atoms with Gasteiger partial charge in [0, 0.05) is 24.9 Å². The topological polar surface area (TPSA) is 38.0 Å². The second kappa shape index (κ2) is 5.79. The maximum atomic E-state index is 13.9. The molecule has 0 aliphatic rings. The van der Waals surface area contributed by atoms with Crippen LogP contribution in [0, 0.1) is 5.82 Å². The highest BCUT2D eigenvalue weighted by Gasteiger charge is 2.18. The Morgan fingerprint density at radius 2 is 2.15 bits per heavy atom. The van der Waals surface area contributed by atoms with Crippen molar-refractivity contribution in [1.82, 2.24) is 5.43 Å². The van der Waals surface area contributed by atoms with Crippen LogP contribution in [0.25, 0.3) is 9.40 Å². The third-order valence-corrected chi connectivity index (χ3v) is 5.73. The minimum atomic E-state index is -0.295. The molecule has 0 fully saturated rings. The molecule has 2 aromatic heterocycles. The fourth-order valence-corrected chi connectivity index (χ4v) is 4.55. The predicted octanol–water partition coefficient (Wildman–Crippen LogP) is 4.50. The van der Waals surface area contributed by atoms with E-state index in [0.717, 1.165) is 4.88 Å². The quantitative estimate of drug-likeness (QED) is 0.547. The normalized spacial score (nSPS) is 12.9. The van der Waals surface area contributed by atoms with Crippen LogP contribution in [0.3, 0.4) is 0 Å². The first kappa shape index (κ1) is 14.0. The van der Waals surface area contributed by atoms with E-state index in [1.807, 2.05) is 0 Å². The second-order valence-electron chi connectivity index (χ2n) is 4.42. The number of nitrogens with two attached hydrogens (primary N) is 1. The summed E-state index contributed by atoms with van der Waals surface area (Å²) >= 11 is 9.43. The number of hydrogen-bond acceptors (Lipinski definition) is 4. The van der Waals surface area contributed by atoms with Crippen molar-refractivity contribution in [3.05, 3.63) is 57.0 Å². The molecule has 0 amide bonds. The number of nitrogens with one attached hydrogen (secondary N) is 1. The SMILES string of the molecule is NNC(Cc1c(F)cccc1Cl)c1cc2sccc2s1. The molecular formula is C14H12ClFN2S2. The van der Waals surface area contributed by atoms with Crippen LogP contribution in [0.4, 0.5) is 4.39 Å². The van der Waals surface area contributed by atoms with Crippen molar-refractivity contribution in [3.8, 4) is 0 Å². The number of benzene rings is 1. The zero-order chi connectivity index (χ0) is 14.1. The van der Waals surface area contributed by atoms with Crippen molar-refractivity contribution >= 4 is 43.7 Å². The van der Waals surface area contributed by atoms with Crippen LogP contribution in [-0.2, 0) is 6.42 Å². The van der Waals surface area contributed by atoms with Crippen molar-refractivity contribution in [2.24, 2.45) is 5.84 Å². The molecule has 2 heterocycles. The number of fused-ring (bicyclic) bond motifs is 1. The molecule has 0 radical (unpaired) electrons. The molecule has 0 bridgehead atoms. The summed E-state index contributed by atoms with van der Waals surface area (Å²) in [6.07, 6.45) is 0.426. The van der Waals surface area contributed by atoms with Crippen LogP contribution in [0.2, 0.25) is 5.02 Å². The molecule has 3 aromatic rings. The molecule has 3 N–H and O–H groups in total. The average Bonchev–Trinajstić information content (AvgIpc) is 2.99. The highest BCUT2D eigenvalue weighted by molar-refractivity contribution is 7.26. The zero-order valence-corrected chi connectivity index (χ0v) is 12.8. The Morgan fingerprint density at radius 3 is 2.85 bits per heavy atom. The third-order valence-electron chi connectivity index (χ3n) is 3.17. The van der Waals surface area contributed by atoms with Gasteiger partial charge in [-0.15, -0.1) is 22.7 Å². The fourth-order valence-electron chi connectivity index (χ4n) is 2.13.